The van der Waals surface area contributed by atoms with Gasteiger partial charge in [0.15, 0.2) is 0 Å². The average Bonchev–Trinajstić information content (AvgIpc) is 2.62. The van der Waals surface area contributed by atoms with Crippen LogP contribution in [0.25, 0.3) is 0 Å². The van der Waals surface area contributed by atoms with Crippen LogP contribution in [-0.2, 0) is 14.4 Å². The van der Waals surface area contributed by atoms with Crippen LogP contribution in [0, 0.1) is 0 Å². The Bertz CT molecular complexity index is 885. The molecule has 0 saturated carbocycles. The fraction of sp³-hybridized carbons (Fsp3) is 0.111. The van der Waals surface area contributed by atoms with E-state index in [0.29, 0.717) is 27.1 Å². The lowest BCUT2D eigenvalue weighted by Gasteiger charge is -2.07. The second kappa shape index (κ2) is 9.70. The van der Waals surface area contributed by atoms with Gasteiger partial charge in [-0.15, -0.1) is 0 Å². The van der Waals surface area contributed by atoms with E-state index in [9.17, 15) is 14.4 Å². The Kier molecular flexibility index (Phi) is 7.34. The highest BCUT2D eigenvalue weighted by atomic mass is 35.5. The van der Waals surface area contributed by atoms with Crippen LogP contribution in [0.3, 0.4) is 0 Å². The predicted octanol–water partition coefficient (Wildman–Crippen LogP) is 3.45. The summed E-state index contributed by atoms with van der Waals surface area (Å²) in [7, 11) is 0. The molecule has 0 radical (unpaired) electrons. The molecule has 0 saturated heterocycles. The smallest absolute Gasteiger partial charge is 0.324 e. The lowest BCUT2D eigenvalue weighted by molar-refractivity contribution is -0.136. The predicted molar refractivity (Wildman–Crippen MR) is 106 cm³/mol. The zero-order valence-corrected chi connectivity index (χ0v) is 15.8. The summed E-state index contributed by atoms with van der Waals surface area (Å²) in [6.07, 6.45) is -0.0977. The van der Waals surface area contributed by atoms with Crippen molar-refractivity contribution in [3.05, 3.63) is 58.6 Å². The van der Waals surface area contributed by atoms with E-state index in [2.05, 4.69) is 21.2 Å². The van der Waals surface area contributed by atoms with Crippen molar-refractivity contribution >= 4 is 58.0 Å². The van der Waals surface area contributed by atoms with E-state index in [1.54, 1.807) is 49.4 Å². The Hall–Kier alpha value is -2.90. The van der Waals surface area contributed by atoms with Crippen LogP contribution in [0.5, 0.6) is 0 Å². The van der Waals surface area contributed by atoms with Crippen LogP contribution in [-0.4, -0.2) is 23.4 Å². The number of carbonyl (C=O) groups is 3. The molecule has 0 aliphatic carbocycles. The average molecular weight is 407 g/mol. The molecule has 140 valence electrons. The van der Waals surface area contributed by atoms with Crippen LogP contribution in [0.2, 0.25) is 10.0 Å². The Morgan fingerprint density at radius 3 is 2.33 bits per heavy atom. The zero-order valence-electron chi connectivity index (χ0n) is 14.3. The summed E-state index contributed by atoms with van der Waals surface area (Å²) in [4.78, 5) is 35.5. The van der Waals surface area contributed by atoms with Crippen molar-refractivity contribution in [2.24, 2.45) is 5.10 Å². The molecule has 0 atom stereocenters. The lowest BCUT2D eigenvalue weighted by atomic mass is 10.2. The summed E-state index contributed by atoms with van der Waals surface area (Å²) < 4.78 is 0. The van der Waals surface area contributed by atoms with Gasteiger partial charge in [-0.3, -0.25) is 14.4 Å². The van der Waals surface area contributed by atoms with Crippen LogP contribution in [0.1, 0.15) is 13.3 Å². The maximum Gasteiger partial charge on any atom is 0.329 e. The van der Waals surface area contributed by atoms with Crippen molar-refractivity contribution in [3.63, 3.8) is 0 Å². The van der Waals surface area contributed by atoms with Gasteiger partial charge >= 0.3 is 11.8 Å². The first-order valence-corrected chi connectivity index (χ1v) is 8.55. The number of hydrogen-bond acceptors (Lipinski definition) is 4. The molecule has 27 heavy (non-hydrogen) atoms. The lowest BCUT2D eigenvalue weighted by Crippen LogP contribution is -2.33. The molecule has 0 unspecified atom stereocenters. The van der Waals surface area contributed by atoms with Gasteiger partial charge in [0.2, 0.25) is 5.91 Å². The molecule has 3 amide bonds. The van der Waals surface area contributed by atoms with E-state index < -0.39 is 11.8 Å². The van der Waals surface area contributed by atoms with Gasteiger partial charge in [0.05, 0.1) is 17.1 Å². The van der Waals surface area contributed by atoms with E-state index in [0.717, 1.165) is 0 Å². The van der Waals surface area contributed by atoms with E-state index in [1.807, 2.05) is 0 Å². The fourth-order valence-electron chi connectivity index (χ4n) is 1.96. The van der Waals surface area contributed by atoms with Crippen LogP contribution < -0.4 is 16.1 Å². The number of rotatable bonds is 5. The molecule has 0 aliphatic rings. The molecule has 0 spiro atoms. The molecule has 0 aliphatic heterocycles. The number of halogens is 2. The molecule has 2 aromatic rings. The molecular formula is C18H16Cl2N4O3. The minimum Gasteiger partial charge on any atom is -0.324 e. The summed E-state index contributed by atoms with van der Waals surface area (Å²) in [5.74, 6) is -2.20. The van der Waals surface area contributed by atoms with Gasteiger partial charge in [-0.1, -0.05) is 41.4 Å². The molecular weight excluding hydrogens is 391 g/mol. The summed E-state index contributed by atoms with van der Waals surface area (Å²) in [6.45, 7) is 1.54. The fourth-order valence-corrected chi connectivity index (χ4v) is 2.42. The summed E-state index contributed by atoms with van der Waals surface area (Å²) in [5, 5.41) is 9.53. The third-order valence-corrected chi connectivity index (χ3v) is 3.76. The van der Waals surface area contributed by atoms with Crippen molar-refractivity contribution in [3.8, 4) is 0 Å². The maximum absolute atomic E-state index is 12.0. The standard InChI is InChI=1S/C18H16Cl2N4O3/c1-11(9-16(25)22-15-8-7-12(19)10-14(15)20)23-24-18(27)17(26)21-13-5-3-2-4-6-13/h2-8,10H,9H2,1H3,(H,21,26)(H,22,25)(H,24,27). The molecule has 0 bridgehead atoms. The van der Waals surface area contributed by atoms with Crippen molar-refractivity contribution in [2.75, 3.05) is 10.6 Å². The van der Waals surface area contributed by atoms with Gasteiger partial charge in [0.1, 0.15) is 0 Å². The minimum absolute atomic E-state index is 0.0977. The highest BCUT2D eigenvalue weighted by Crippen LogP contribution is 2.25. The quantitative estimate of drug-likeness (QED) is 0.402. The molecule has 2 aromatic carbocycles. The van der Waals surface area contributed by atoms with Gasteiger partial charge in [-0.2, -0.15) is 5.10 Å². The van der Waals surface area contributed by atoms with Crippen LogP contribution >= 0.6 is 23.2 Å². The number of amides is 3. The first kappa shape index (κ1) is 20.4. The van der Waals surface area contributed by atoms with Crippen molar-refractivity contribution in [1.82, 2.24) is 5.43 Å². The van der Waals surface area contributed by atoms with E-state index in [4.69, 9.17) is 23.2 Å². The van der Waals surface area contributed by atoms with Gasteiger partial charge in [0, 0.05) is 16.4 Å². The monoisotopic (exact) mass is 406 g/mol. The molecule has 0 fully saturated rings. The van der Waals surface area contributed by atoms with Gasteiger partial charge in [0.25, 0.3) is 0 Å². The molecule has 7 nitrogen and oxygen atoms in total. The third-order valence-electron chi connectivity index (χ3n) is 3.21. The Labute approximate surface area is 165 Å². The number of anilines is 2. The molecule has 0 heterocycles. The highest BCUT2D eigenvalue weighted by molar-refractivity contribution is 6.39. The normalized spacial score (nSPS) is 10.9. The van der Waals surface area contributed by atoms with Gasteiger partial charge in [-0.25, -0.2) is 5.43 Å². The molecule has 0 aromatic heterocycles. The Morgan fingerprint density at radius 2 is 1.67 bits per heavy atom. The number of nitrogens with zero attached hydrogens (tertiary/aromatic N) is 1. The van der Waals surface area contributed by atoms with Crippen LogP contribution in [0.15, 0.2) is 53.6 Å². The number of hydrogen-bond donors (Lipinski definition) is 3. The Balaban J connectivity index is 1.84. The van der Waals surface area contributed by atoms with Crippen molar-refractivity contribution in [2.45, 2.75) is 13.3 Å². The second-order valence-electron chi connectivity index (χ2n) is 5.46. The minimum atomic E-state index is -0.945. The van der Waals surface area contributed by atoms with E-state index >= 15 is 0 Å². The third kappa shape index (κ3) is 6.73. The number of para-hydroxylation sites is 1. The second-order valence-corrected chi connectivity index (χ2v) is 6.30. The highest BCUT2D eigenvalue weighted by Gasteiger charge is 2.13. The molecule has 2 rings (SSSR count). The number of benzene rings is 2. The van der Waals surface area contributed by atoms with E-state index in [-0.39, 0.29) is 12.3 Å². The first-order chi connectivity index (χ1) is 12.8. The molecule has 3 N–H and O–H groups in total. The largest absolute Gasteiger partial charge is 0.329 e. The first-order valence-electron chi connectivity index (χ1n) is 7.79. The summed E-state index contributed by atoms with van der Waals surface area (Å²) in [6, 6.07) is 13.2. The number of hydrazone groups is 1. The number of nitrogens with one attached hydrogen (secondary N) is 3. The number of carbonyl (C=O) groups excluding carboxylic acids is 3. The van der Waals surface area contributed by atoms with Gasteiger partial charge < -0.3 is 10.6 Å². The SMILES string of the molecule is CC(CC(=O)Nc1ccc(Cl)cc1Cl)=NNC(=O)C(=O)Nc1ccccc1. The zero-order chi connectivity index (χ0) is 19.8. The van der Waals surface area contributed by atoms with Crippen LogP contribution in [0.4, 0.5) is 11.4 Å². The molecule has 9 heteroatoms. The van der Waals surface area contributed by atoms with Crippen molar-refractivity contribution < 1.29 is 14.4 Å². The van der Waals surface area contributed by atoms with E-state index in [1.165, 1.54) is 6.07 Å². The Morgan fingerprint density at radius 1 is 0.963 bits per heavy atom. The topological polar surface area (TPSA) is 99.7 Å². The summed E-state index contributed by atoms with van der Waals surface area (Å²) in [5.41, 5.74) is 3.30. The maximum atomic E-state index is 12.0. The summed E-state index contributed by atoms with van der Waals surface area (Å²) >= 11 is 11.8. The van der Waals surface area contributed by atoms with Crippen molar-refractivity contribution in [1.29, 1.82) is 0 Å². The van der Waals surface area contributed by atoms with Gasteiger partial charge in [-0.05, 0) is 37.3 Å².